The van der Waals surface area contributed by atoms with E-state index in [-0.39, 0.29) is 5.56 Å². The van der Waals surface area contributed by atoms with Crippen LogP contribution in [0.4, 0.5) is 0 Å². The SMILES string of the molecule is O=C(O)c1ccc(-c2ccccc2)cc1Oc1ccccc1. The van der Waals surface area contributed by atoms with Gasteiger partial charge in [-0.05, 0) is 35.4 Å². The van der Waals surface area contributed by atoms with E-state index in [2.05, 4.69) is 0 Å². The third kappa shape index (κ3) is 2.99. The van der Waals surface area contributed by atoms with Gasteiger partial charge in [-0.2, -0.15) is 0 Å². The molecule has 0 atom stereocenters. The van der Waals surface area contributed by atoms with E-state index in [0.717, 1.165) is 11.1 Å². The van der Waals surface area contributed by atoms with Gasteiger partial charge >= 0.3 is 5.97 Å². The molecule has 0 saturated heterocycles. The van der Waals surface area contributed by atoms with Crippen LogP contribution in [-0.2, 0) is 0 Å². The van der Waals surface area contributed by atoms with E-state index >= 15 is 0 Å². The summed E-state index contributed by atoms with van der Waals surface area (Å²) in [5.41, 5.74) is 2.07. The molecular formula is C19H14O3. The van der Waals surface area contributed by atoms with Gasteiger partial charge in [-0.3, -0.25) is 0 Å². The van der Waals surface area contributed by atoms with Crippen LogP contribution in [0, 0.1) is 0 Å². The van der Waals surface area contributed by atoms with Crippen molar-refractivity contribution in [1.82, 2.24) is 0 Å². The second kappa shape index (κ2) is 6.14. The molecule has 0 heterocycles. The van der Waals surface area contributed by atoms with E-state index in [1.54, 1.807) is 30.3 Å². The molecule has 0 aliphatic heterocycles. The highest BCUT2D eigenvalue weighted by Gasteiger charge is 2.13. The molecule has 0 amide bonds. The maximum Gasteiger partial charge on any atom is 0.339 e. The minimum absolute atomic E-state index is 0.142. The van der Waals surface area contributed by atoms with E-state index in [0.29, 0.717) is 11.5 Å². The number of rotatable bonds is 4. The molecule has 0 aliphatic rings. The van der Waals surface area contributed by atoms with E-state index in [1.807, 2.05) is 48.5 Å². The van der Waals surface area contributed by atoms with Gasteiger partial charge in [0.25, 0.3) is 0 Å². The molecule has 3 heteroatoms. The molecule has 0 fully saturated rings. The summed E-state index contributed by atoms with van der Waals surface area (Å²) in [6, 6.07) is 24.0. The van der Waals surface area contributed by atoms with Crippen molar-refractivity contribution in [3.8, 4) is 22.6 Å². The Hall–Kier alpha value is -3.07. The zero-order valence-electron chi connectivity index (χ0n) is 11.8. The van der Waals surface area contributed by atoms with E-state index in [9.17, 15) is 9.90 Å². The maximum absolute atomic E-state index is 11.4. The fraction of sp³-hybridized carbons (Fsp3) is 0. The fourth-order valence-electron chi connectivity index (χ4n) is 2.21. The molecule has 0 radical (unpaired) electrons. The second-order valence-electron chi connectivity index (χ2n) is 4.80. The van der Waals surface area contributed by atoms with Crippen LogP contribution in [0.25, 0.3) is 11.1 Å². The van der Waals surface area contributed by atoms with Crippen molar-refractivity contribution in [3.63, 3.8) is 0 Å². The number of para-hydroxylation sites is 1. The fourth-order valence-corrected chi connectivity index (χ4v) is 2.21. The third-order valence-corrected chi connectivity index (χ3v) is 3.29. The van der Waals surface area contributed by atoms with Gasteiger partial charge < -0.3 is 9.84 Å². The highest BCUT2D eigenvalue weighted by molar-refractivity contribution is 5.92. The molecule has 3 aromatic rings. The van der Waals surface area contributed by atoms with Gasteiger partial charge in [-0.25, -0.2) is 4.79 Å². The first-order valence-electron chi connectivity index (χ1n) is 6.90. The Labute approximate surface area is 128 Å². The summed E-state index contributed by atoms with van der Waals surface area (Å²) in [5, 5.41) is 9.33. The van der Waals surface area contributed by atoms with Crippen molar-refractivity contribution < 1.29 is 14.6 Å². The van der Waals surface area contributed by atoms with Crippen LogP contribution in [0.2, 0.25) is 0 Å². The summed E-state index contributed by atoms with van der Waals surface area (Å²) in [6.45, 7) is 0. The van der Waals surface area contributed by atoms with Crippen molar-refractivity contribution in [2.45, 2.75) is 0 Å². The average molecular weight is 290 g/mol. The summed E-state index contributed by atoms with van der Waals surface area (Å²) < 4.78 is 5.75. The van der Waals surface area contributed by atoms with Gasteiger partial charge in [0, 0.05) is 0 Å². The van der Waals surface area contributed by atoms with Crippen LogP contribution in [-0.4, -0.2) is 11.1 Å². The lowest BCUT2D eigenvalue weighted by Gasteiger charge is -2.11. The molecule has 3 aromatic carbocycles. The topological polar surface area (TPSA) is 46.5 Å². The summed E-state index contributed by atoms with van der Waals surface area (Å²) >= 11 is 0. The van der Waals surface area contributed by atoms with E-state index in [4.69, 9.17) is 4.74 Å². The van der Waals surface area contributed by atoms with Gasteiger partial charge in [0.2, 0.25) is 0 Å². The first-order valence-corrected chi connectivity index (χ1v) is 6.90. The van der Waals surface area contributed by atoms with Gasteiger partial charge in [-0.1, -0.05) is 54.6 Å². The molecule has 0 unspecified atom stereocenters. The number of benzene rings is 3. The number of ether oxygens (including phenoxy) is 1. The Bertz CT molecular complexity index is 780. The molecular weight excluding hydrogens is 276 g/mol. The lowest BCUT2D eigenvalue weighted by Crippen LogP contribution is -2.00. The van der Waals surface area contributed by atoms with Gasteiger partial charge in [0.15, 0.2) is 0 Å². The minimum atomic E-state index is -1.01. The number of carboxylic acid groups (broad SMARTS) is 1. The maximum atomic E-state index is 11.4. The summed E-state index contributed by atoms with van der Waals surface area (Å²) in [4.78, 5) is 11.4. The quantitative estimate of drug-likeness (QED) is 0.747. The second-order valence-corrected chi connectivity index (χ2v) is 4.80. The predicted octanol–water partition coefficient (Wildman–Crippen LogP) is 4.84. The van der Waals surface area contributed by atoms with Crippen molar-refractivity contribution in [1.29, 1.82) is 0 Å². The lowest BCUT2D eigenvalue weighted by molar-refractivity contribution is 0.0694. The number of carboxylic acids is 1. The molecule has 0 bridgehead atoms. The van der Waals surface area contributed by atoms with Crippen LogP contribution in [0.5, 0.6) is 11.5 Å². The molecule has 3 nitrogen and oxygen atoms in total. The Kier molecular flexibility index (Phi) is 3.88. The molecule has 1 N–H and O–H groups in total. The van der Waals surface area contributed by atoms with Crippen molar-refractivity contribution >= 4 is 5.97 Å². The molecule has 0 aromatic heterocycles. The Morgan fingerprint density at radius 1 is 0.773 bits per heavy atom. The lowest BCUT2D eigenvalue weighted by atomic mass is 10.0. The zero-order valence-corrected chi connectivity index (χ0v) is 11.8. The van der Waals surface area contributed by atoms with Gasteiger partial charge in [0.05, 0.1) is 0 Å². The van der Waals surface area contributed by atoms with Crippen molar-refractivity contribution in [2.24, 2.45) is 0 Å². The number of carbonyl (C=O) groups is 1. The van der Waals surface area contributed by atoms with E-state index < -0.39 is 5.97 Å². The van der Waals surface area contributed by atoms with E-state index in [1.165, 1.54) is 0 Å². The molecule has 0 spiro atoms. The molecule has 0 saturated carbocycles. The highest BCUT2D eigenvalue weighted by Crippen LogP contribution is 2.30. The Balaban J connectivity index is 2.03. The average Bonchev–Trinajstić information content (AvgIpc) is 2.56. The Morgan fingerprint density at radius 3 is 2.05 bits per heavy atom. The first kappa shape index (κ1) is 13.9. The number of hydrogen-bond acceptors (Lipinski definition) is 2. The van der Waals surface area contributed by atoms with Crippen molar-refractivity contribution in [2.75, 3.05) is 0 Å². The standard InChI is InChI=1S/C19H14O3/c20-19(21)17-12-11-15(14-7-3-1-4-8-14)13-18(17)22-16-9-5-2-6-10-16/h1-13H,(H,20,21). The Morgan fingerprint density at radius 2 is 1.41 bits per heavy atom. The number of hydrogen-bond donors (Lipinski definition) is 1. The summed E-state index contributed by atoms with van der Waals surface area (Å²) in [7, 11) is 0. The van der Waals surface area contributed by atoms with Gasteiger partial charge in [0.1, 0.15) is 17.1 Å². The van der Waals surface area contributed by atoms with Crippen LogP contribution in [0.15, 0.2) is 78.9 Å². The molecule has 22 heavy (non-hydrogen) atoms. The summed E-state index contributed by atoms with van der Waals surface area (Å²) in [6.07, 6.45) is 0. The monoisotopic (exact) mass is 290 g/mol. The third-order valence-electron chi connectivity index (χ3n) is 3.29. The molecule has 3 rings (SSSR count). The largest absolute Gasteiger partial charge is 0.478 e. The molecule has 0 aliphatic carbocycles. The zero-order chi connectivity index (χ0) is 15.4. The normalized spacial score (nSPS) is 10.2. The smallest absolute Gasteiger partial charge is 0.339 e. The van der Waals surface area contributed by atoms with Crippen molar-refractivity contribution in [3.05, 3.63) is 84.4 Å². The minimum Gasteiger partial charge on any atom is -0.478 e. The molecule has 108 valence electrons. The van der Waals surface area contributed by atoms with Crippen LogP contribution < -0.4 is 4.74 Å². The number of aromatic carboxylic acids is 1. The highest BCUT2D eigenvalue weighted by atomic mass is 16.5. The first-order chi connectivity index (χ1) is 10.7. The predicted molar refractivity (Wildman–Crippen MR) is 85.4 cm³/mol. The van der Waals surface area contributed by atoms with Crippen LogP contribution in [0.3, 0.4) is 0 Å². The summed E-state index contributed by atoms with van der Waals surface area (Å²) in [5.74, 6) is -0.0687. The van der Waals surface area contributed by atoms with Crippen LogP contribution >= 0.6 is 0 Å². The van der Waals surface area contributed by atoms with Crippen LogP contribution in [0.1, 0.15) is 10.4 Å². The van der Waals surface area contributed by atoms with Gasteiger partial charge in [-0.15, -0.1) is 0 Å².